The zero-order valence-electron chi connectivity index (χ0n) is 9.41. The largest absolute Gasteiger partial charge is 0.370 e. The van der Waals surface area contributed by atoms with E-state index in [2.05, 4.69) is 15.3 Å². The lowest BCUT2D eigenvalue weighted by atomic mass is 10.0. The van der Waals surface area contributed by atoms with Gasteiger partial charge >= 0.3 is 0 Å². The molecule has 1 fully saturated rings. The Labute approximate surface area is 95.4 Å². The first-order chi connectivity index (χ1) is 7.92. The van der Waals surface area contributed by atoms with Crippen molar-refractivity contribution in [3.8, 4) is 0 Å². The van der Waals surface area contributed by atoms with Crippen molar-refractivity contribution >= 4 is 0 Å². The molecule has 0 radical (unpaired) electrons. The predicted molar refractivity (Wildman–Crippen MR) is 59.9 cm³/mol. The monoisotopic (exact) mass is 219 g/mol. The molecule has 3 heterocycles. The fourth-order valence-electron chi connectivity index (χ4n) is 2.40. The molecule has 0 saturated carbocycles. The molecule has 86 valence electrons. The van der Waals surface area contributed by atoms with Gasteiger partial charge in [-0.1, -0.05) is 6.42 Å². The highest BCUT2D eigenvalue weighted by Crippen LogP contribution is 2.17. The third-order valence-corrected chi connectivity index (χ3v) is 3.34. The SMILES string of the molecule is c1nc(CC2CCCCN2)nc2c1COC2. The van der Waals surface area contributed by atoms with Gasteiger partial charge in [0, 0.05) is 24.2 Å². The van der Waals surface area contributed by atoms with E-state index in [1.165, 1.54) is 19.3 Å². The summed E-state index contributed by atoms with van der Waals surface area (Å²) in [6, 6.07) is 0.564. The number of hydrogen-bond donors (Lipinski definition) is 1. The van der Waals surface area contributed by atoms with E-state index in [1.807, 2.05) is 6.20 Å². The summed E-state index contributed by atoms with van der Waals surface area (Å²) in [7, 11) is 0. The average Bonchev–Trinajstić information content (AvgIpc) is 2.77. The second-order valence-corrected chi connectivity index (χ2v) is 4.60. The van der Waals surface area contributed by atoms with E-state index in [0.717, 1.165) is 30.0 Å². The Morgan fingerprint density at radius 2 is 2.38 bits per heavy atom. The molecule has 1 N–H and O–H groups in total. The molecule has 1 unspecified atom stereocenters. The van der Waals surface area contributed by atoms with Crippen molar-refractivity contribution in [1.82, 2.24) is 15.3 Å². The van der Waals surface area contributed by atoms with Crippen LogP contribution in [0.1, 0.15) is 36.3 Å². The molecule has 2 aliphatic rings. The summed E-state index contributed by atoms with van der Waals surface area (Å²) < 4.78 is 5.34. The number of ether oxygens (including phenoxy) is 1. The van der Waals surface area contributed by atoms with Crippen LogP contribution < -0.4 is 5.32 Å². The highest BCUT2D eigenvalue weighted by atomic mass is 16.5. The van der Waals surface area contributed by atoms with Gasteiger partial charge in [-0.2, -0.15) is 0 Å². The molecular weight excluding hydrogens is 202 g/mol. The Bertz CT molecular complexity index is 375. The maximum absolute atomic E-state index is 5.34. The number of piperidine rings is 1. The number of nitrogens with zero attached hydrogens (tertiary/aromatic N) is 2. The molecule has 0 aromatic carbocycles. The highest BCUT2D eigenvalue weighted by Gasteiger charge is 2.17. The minimum absolute atomic E-state index is 0.564. The molecule has 16 heavy (non-hydrogen) atoms. The van der Waals surface area contributed by atoms with Gasteiger partial charge in [0.25, 0.3) is 0 Å². The van der Waals surface area contributed by atoms with E-state index in [1.54, 1.807) is 0 Å². The topological polar surface area (TPSA) is 47.0 Å². The molecule has 1 atom stereocenters. The summed E-state index contributed by atoms with van der Waals surface area (Å²) in [5.74, 6) is 0.962. The molecule has 2 aliphatic heterocycles. The standard InChI is InChI=1S/C12H17N3O/c1-2-4-13-10(3-1)5-12-14-6-9-7-16-8-11(9)15-12/h6,10,13H,1-5,7-8H2. The van der Waals surface area contributed by atoms with Crippen LogP contribution >= 0.6 is 0 Å². The van der Waals surface area contributed by atoms with E-state index < -0.39 is 0 Å². The Balaban J connectivity index is 1.69. The number of nitrogens with one attached hydrogen (secondary N) is 1. The van der Waals surface area contributed by atoms with Gasteiger partial charge in [-0.05, 0) is 19.4 Å². The summed E-state index contributed by atoms with van der Waals surface area (Å²) in [6.45, 7) is 2.47. The van der Waals surface area contributed by atoms with Gasteiger partial charge in [0.1, 0.15) is 5.82 Å². The maximum Gasteiger partial charge on any atom is 0.130 e. The van der Waals surface area contributed by atoms with E-state index >= 15 is 0 Å². The molecule has 0 amide bonds. The molecule has 4 nitrogen and oxygen atoms in total. The average molecular weight is 219 g/mol. The molecule has 0 aliphatic carbocycles. The second-order valence-electron chi connectivity index (χ2n) is 4.60. The van der Waals surface area contributed by atoms with Crippen molar-refractivity contribution in [1.29, 1.82) is 0 Å². The Morgan fingerprint density at radius 3 is 3.25 bits per heavy atom. The van der Waals surface area contributed by atoms with Gasteiger partial charge in [-0.3, -0.25) is 0 Å². The lowest BCUT2D eigenvalue weighted by Gasteiger charge is -2.22. The van der Waals surface area contributed by atoms with Crippen LogP contribution in [0.4, 0.5) is 0 Å². The molecule has 1 aromatic heterocycles. The van der Waals surface area contributed by atoms with Crippen LogP contribution in [0.25, 0.3) is 0 Å². The third-order valence-electron chi connectivity index (χ3n) is 3.34. The Kier molecular flexibility index (Phi) is 2.84. The first kappa shape index (κ1) is 10.2. The van der Waals surface area contributed by atoms with E-state index in [-0.39, 0.29) is 0 Å². The Hall–Kier alpha value is -1.00. The molecule has 0 bridgehead atoms. The predicted octanol–water partition coefficient (Wildman–Crippen LogP) is 1.19. The molecular formula is C12H17N3O. The first-order valence-electron chi connectivity index (χ1n) is 6.06. The molecule has 1 saturated heterocycles. The van der Waals surface area contributed by atoms with Gasteiger partial charge in [0.05, 0.1) is 18.9 Å². The van der Waals surface area contributed by atoms with Gasteiger partial charge < -0.3 is 10.1 Å². The first-order valence-corrected chi connectivity index (χ1v) is 6.06. The summed E-state index contributed by atoms with van der Waals surface area (Å²) >= 11 is 0. The molecule has 4 heteroatoms. The van der Waals surface area contributed by atoms with E-state index in [9.17, 15) is 0 Å². The normalized spacial score (nSPS) is 24.4. The third kappa shape index (κ3) is 2.08. The van der Waals surface area contributed by atoms with Gasteiger partial charge in [-0.25, -0.2) is 9.97 Å². The number of fused-ring (bicyclic) bond motifs is 1. The molecule has 1 aromatic rings. The minimum Gasteiger partial charge on any atom is -0.370 e. The highest BCUT2D eigenvalue weighted by molar-refractivity contribution is 5.19. The fourth-order valence-corrected chi connectivity index (χ4v) is 2.40. The fraction of sp³-hybridized carbons (Fsp3) is 0.667. The lowest BCUT2D eigenvalue weighted by molar-refractivity contribution is 0.133. The van der Waals surface area contributed by atoms with Crippen LogP contribution in [0.2, 0.25) is 0 Å². The van der Waals surface area contributed by atoms with Crippen LogP contribution in [0.3, 0.4) is 0 Å². The summed E-state index contributed by atoms with van der Waals surface area (Å²) in [5, 5.41) is 3.52. The van der Waals surface area contributed by atoms with Crippen molar-refractivity contribution in [2.24, 2.45) is 0 Å². The van der Waals surface area contributed by atoms with Crippen LogP contribution in [0.15, 0.2) is 6.20 Å². The van der Waals surface area contributed by atoms with Crippen LogP contribution in [-0.4, -0.2) is 22.6 Å². The van der Waals surface area contributed by atoms with Crippen molar-refractivity contribution < 1.29 is 4.74 Å². The Morgan fingerprint density at radius 1 is 1.38 bits per heavy atom. The lowest BCUT2D eigenvalue weighted by Crippen LogP contribution is -2.36. The number of rotatable bonds is 2. The van der Waals surface area contributed by atoms with Crippen molar-refractivity contribution in [2.75, 3.05) is 6.54 Å². The summed E-state index contributed by atoms with van der Waals surface area (Å²) in [5.41, 5.74) is 2.24. The van der Waals surface area contributed by atoms with E-state index in [0.29, 0.717) is 19.3 Å². The zero-order valence-corrected chi connectivity index (χ0v) is 9.41. The minimum atomic E-state index is 0.564. The van der Waals surface area contributed by atoms with Gasteiger partial charge in [0.15, 0.2) is 0 Å². The van der Waals surface area contributed by atoms with Crippen molar-refractivity contribution in [2.45, 2.75) is 44.9 Å². The summed E-state index contributed by atoms with van der Waals surface area (Å²) in [4.78, 5) is 8.98. The van der Waals surface area contributed by atoms with Crippen LogP contribution in [0.5, 0.6) is 0 Å². The molecule has 3 rings (SSSR count). The zero-order chi connectivity index (χ0) is 10.8. The van der Waals surface area contributed by atoms with Crippen molar-refractivity contribution in [3.63, 3.8) is 0 Å². The van der Waals surface area contributed by atoms with Gasteiger partial charge in [0.2, 0.25) is 0 Å². The van der Waals surface area contributed by atoms with Crippen molar-refractivity contribution in [3.05, 3.63) is 23.3 Å². The van der Waals surface area contributed by atoms with Crippen LogP contribution in [0, 0.1) is 0 Å². The quantitative estimate of drug-likeness (QED) is 0.811. The summed E-state index contributed by atoms with van der Waals surface area (Å²) in [6.07, 6.45) is 6.75. The number of aromatic nitrogens is 2. The second kappa shape index (κ2) is 4.47. The van der Waals surface area contributed by atoms with Crippen LogP contribution in [-0.2, 0) is 24.4 Å². The molecule has 0 spiro atoms. The van der Waals surface area contributed by atoms with Gasteiger partial charge in [-0.15, -0.1) is 0 Å². The number of hydrogen-bond acceptors (Lipinski definition) is 4. The smallest absolute Gasteiger partial charge is 0.130 e. The maximum atomic E-state index is 5.34. The van der Waals surface area contributed by atoms with E-state index in [4.69, 9.17) is 4.74 Å².